The Morgan fingerprint density at radius 3 is 2.38 bits per heavy atom. The molecule has 170 valence electrons. The van der Waals surface area contributed by atoms with Crippen molar-refractivity contribution in [1.82, 2.24) is 0 Å². The summed E-state index contributed by atoms with van der Waals surface area (Å²) in [5.41, 5.74) is 0. The number of carbonyl (C=O) groups excluding carboxylic acids is 1. The Hall–Kier alpha value is -0.790. The molecule has 0 spiro atoms. The van der Waals surface area contributed by atoms with E-state index in [9.17, 15) is 25.2 Å². The number of hydrogen-bond acceptors (Lipinski definition) is 6. The first-order chi connectivity index (χ1) is 13.9. The number of aliphatic hydroxyl groups excluding tert-OH is 5. The lowest BCUT2D eigenvalue weighted by atomic mass is 9.87. The molecule has 6 nitrogen and oxygen atoms in total. The molecule has 1 fully saturated rings. The third-order valence-electron chi connectivity index (χ3n) is 6.11. The molecule has 0 saturated heterocycles. The van der Waals surface area contributed by atoms with Crippen LogP contribution in [0.25, 0.3) is 0 Å². The van der Waals surface area contributed by atoms with Gasteiger partial charge in [-0.05, 0) is 25.2 Å². The highest BCUT2D eigenvalue weighted by molar-refractivity contribution is 5.79. The van der Waals surface area contributed by atoms with Gasteiger partial charge in [0.2, 0.25) is 0 Å². The Kier molecular flexibility index (Phi) is 13.6. The van der Waals surface area contributed by atoms with Crippen LogP contribution < -0.4 is 0 Å². The van der Waals surface area contributed by atoms with Crippen molar-refractivity contribution in [3.8, 4) is 0 Å². The van der Waals surface area contributed by atoms with Crippen molar-refractivity contribution < 1.29 is 30.3 Å². The molecule has 1 rings (SSSR count). The van der Waals surface area contributed by atoms with Gasteiger partial charge < -0.3 is 25.5 Å². The Balaban J connectivity index is 2.40. The zero-order chi connectivity index (χ0) is 21.6. The number of ketones is 1. The van der Waals surface area contributed by atoms with Gasteiger partial charge in [-0.1, -0.05) is 64.0 Å². The highest BCUT2D eigenvalue weighted by Gasteiger charge is 2.39. The molecule has 6 heteroatoms. The van der Waals surface area contributed by atoms with Gasteiger partial charge in [-0.3, -0.25) is 4.79 Å². The largest absolute Gasteiger partial charge is 0.393 e. The maximum atomic E-state index is 11.1. The second-order valence-corrected chi connectivity index (χ2v) is 8.55. The van der Waals surface area contributed by atoms with Crippen molar-refractivity contribution in [1.29, 1.82) is 0 Å². The van der Waals surface area contributed by atoms with Crippen LogP contribution in [0, 0.1) is 11.8 Å². The van der Waals surface area contributed by atoms with Crippen LogP contribution in [0.5, 0.6) is 0 Å². The van der Waals surface area contributed by atoms with Crippen molar-refractivity contribution in [2.75, 3.05) is 6.61 Å². The van der Waals surface area contributed by atoms with Crippen LogP contribution in [0.3, 0.4) is 0 Å². The summed E-state index contributed by atoms with van der Waals surface area (Å²) in [6.45, 7) is 1.74. The molecule has 0 radical (unpaired) electrons. The normalized spacial score (nSPS) is 26.8. The number of hydrogen-bond donors (Lipinski definition) is 5. The molecule has 6 atom stereocenters. The maximum absolute atomic E-state index is 11.1. The Labute approximate surface area is 175 Å². The number of Topliss-reactive ketones (excluding diaryl/α,β-unsaturated/α-hetero) is 1. The number of unbranched alkanes of at least 4 members (excludes halogenated alkanes) is 6. The second-order valence-electron chi connectivity index (χ2n) is 8.55. The average Bonchev–Trinajstić information content (AvgIpc) is 2.97. The molecule has 0 aromatic rings. The van der Waals surface area contributed by atoms with Gasteiger partial charge in [-0.25, -0.2) is 0 Å². The molecular formula is C23H42O6. The highest BCUT2D eigenvalue weighted by atomic mass is 16.3. The molecule has 2 unspecified atom stereocenters. The predicted molar refractivity (Wildman–Crippen MR) is 113 cm³/mol. The summed E-state index contributed by atoms with van der Waals surface area (Å²) >= 11 is 0. The molecule has 0 bridgehead atoms. The molecule has 0 aromatic carbocycles. The first kappa shape index (κ1) is 26.2. The minimum atomic E-state index is -0.953. The Morgan fingerprint density at radius 2 is 1.69 bits per heavy atom. The SMILES string of the molecule is CCCCCCC(O)C(O)/C=C/[C@@H]1[C@@H](CCCCCCC(=O)CO)[C@@H](O)C[C@H]1O. The van der Waals surface area contributed by atoms with Gasteiger partial charge in [-0.2, -0.15) is 0 Å². The van der Waals surface area contributed by atoms with Crippen LogP contribution in [0.4, 0.5) is 0 Å². The van der Waals surface area contributed by atoms with E-state index in [4.69, 9.17) is 5.11 Å². The number of carbonyl (C=O) groups is 1. The van der Waals surface area contributed by atoms with Crippen LogP contribution in [-0.4, -0.2) is 62.3 Å². The summed E-state index contributed by atoms with van der Waals surface area (Å²) in [7, 11) is 0. The van der Waals surface area contributed by atoms with Crippen molar-refractivity contribution in [2.24, 2.45) is 11.8 Å². The van der Waals surface area contributed by atoms with Gasteiger partial charge in [0, 0.05) is 18.8 Å². The van der Waals surface area contributed by atoms with Gasteiger partial charge >= 0.3 is 0 Å². The molecule has 5 N–H and O–H groups in total. The van der Waals surface area contributed by atoms with E-state index in [0.717, 1.165) is 57.8 Å². The van der Waals surface area contributed by atoms with Crippen LogP contribution in [0.2, 0.25) is 0 Å². The van der Waals surface area contributed by atoms with E-state index in [-0.39, 0.29) is 24.2 Å². The summed E-state index contributed by atoms with van der Waals surface area (Å²) < 4.78 is 0. The minimum Gasteiger partial charge on any atom is -0.393 e. The third-order valence-corrected chi connectivity index (χ3v) is 6.11. The lowest BCUT2D eigenvalue weighted by Gasteiger charge is -2.22. The van der Waals surface area contributed by atoms with E-state index in [0.29, 0.717) is 19.3 Å². The molecule has 0 aromatic heterocycles. The minimum absolute atomic E-state index is 0.0609. The second kappa shape index (κ2) is 15.1. The van der Waals surface area contributed by atoms with Crippen molar-refractivity contribution in [3.63, 3.8) is 0 Å². The molecule has 1 saturated carbocycles. The lowest BCUT2D eigenvalue weighted by Crippen LogP contribution is -2.25. The topological polar surface area (TPSA) is 118 Å². The predicted octanol–water partition coefficient (Wildman–Crippen LogP) is 2.49. The quantitative estimate of drug-likeness (QED) is 0.196. The van der Waals surface area contributed by atoms with E-state index < -0.39 is 24.4 Å². The zero-order valence-corrected chi connectivity index (χ0v) is 18.0. The van der Waals surface area contributed by atoms with Crippen molar-refractivity contribution >= 4 is 5.78 Å². The fourth-order valence-corrected chi connectivity index (χ4v) is 4.23. The molecule has 1 aliphatic rings. The smallest absolute Gasteiger partial charge is 0.158 e. The summed E-state index contributed by atoms with van der Waals surface area (Å²) in [6, 6.07) is 0. The highest BCUT2D eigenvalue weighted by Crippen LogP contribution is 2.37. The number of rotatable bonds is 16. The fraction of sp³-hybridized carbons (Fsp3) is 0.870. The van der Waals surface area contributed by atoms with Gasteiger partial charge in [0.1, 0.15) is 6.61 Å². The summed E-state index contributed by atoms with van der Waals surface area (Å²) in [4.78, 5) is 11.1. The summed E-state index contributed by atoms with van der Waals surface area (Å²) in [5, 5.41) is 49.6. The third kappa shape index (κ3) is 10.2. The average molecular weight is 415 g/mol. The van der Waals surface area contributed by atoms with Crippen LogP contribution >= 0.6 is 0 Å². The van der Waals surface area contributed by atoms with E-state index >= 15 is 0 Å². The summed E-state index contributed by atoms with van der Waals surface area (Å²) in [5.74, 6) is -0.409. The van der Waals surface area contributed by atoms with Gasteiger partial charge in [0.15, 0.2) is 5.78 Å². The molecule has 0 aliphatic heterocycles. The molecule has 1 aliphatic carbocycles. The van der Waals surface area contributed by atoms with Crippen LogP contribution in [0.15, 0.2) is 12.2 Å². The monoisotopic (exact) mass is 414 g/mol. The maximum Gasteiger partial charge on any atom is 0.158 e. The lowest BCUT2D eigenvalue weighted by molar-refractivity contribution is -0.121. The standard InChI is InChI=1S/C23H42O6/c1-2-3-4-9-12-20(26)21(27)14-13-19-18(22(28)15-23(19)29)11-8-6-5-7-10-17(25)16-24/h13-14,18-24,26-29H,2-12,15-16H2,1H3/b14-13+/t18-,19-,20?,21?,22+,23-/m1/s1. The first-order valence-corrected chi connectivity index (χ1v) is 11.4. The van der Waals surface area contributed by atoms with Crippen LogP contribution in [-0.2, 0) is 4.79 Å². The molecule has 0 amide bonds. The molecule has 0 heterocycles. The Morgan fingerprint density at radius 1 is 1.00 bits per heavy atom. The van der Waals surface area contributed by atoms with Crippen LogP contribution in [0.1, 0.15) is 84.0 Å². The van der Waals surface area contributed by atoms with Crippen molar-refractivity contribution in [2.45, 2.75) is 108 Å². The van der Waals surface area contributed by atoms with E-state index in [1.54, 1.807) is 12.2 Å². The number of aliphatic hydroxyl groups is 5. The van der Waals surface area contributed by atoms with Gasteiger partial charge in [0.05, 0.1) is 24.4 Å². The molecular weight excluding hydrogens is 372 g/mol. The van der Waals surface area contributed by atoms with Gasteiger partial charge in [0.25, 0.3) is 0 Å². The summed E-state index contributed by atoms with van der Waals surface area (Å²) in [6.07, 6.45) is 10.2. The van der Waals surface area contributed by atoms with E-state index in [2.05, 4.69) is 6.92 Å². The van der Waals surface area contributed by atoms with Gasteiger partial charge in [-0.15, -0.1) is 0 Å². The zero-order valence-electron chi connectivity index (χ0n) is 18.0. The Bertz CT molecular complexity index is 466. The fourth-order valence-electron chi connectivity index (χ4n) is 4.23. The van der Waals surface area contributed by atoms with E-state index in [1.807, 2.05) is 0 Å². The van der Waals surface area contributed by atoms with Crippen molar-refractivity contribution in [3.05, 3.63) is 12.2 Å². The first-order valence-electron chi connectivity index (χ1n) is 11.4. The van der Waals surface area contributed by atoms with E-state index in [1.165, 1.54) is 0 Å². The molecule has 29 heavy (non-hydrogen) atoms.